The number of aromatic nitrogens is 1. The van der Waals surface area contributed by atoms with Gasteiger partial charge >= 0.3 is 0 Å². The van der Waals surface area contributed by atoms with Gasteiger partial charge in [-0.1, -0.05) is 24.3 Å². The average Bonchev–Trinajstić information content (AvgIpc) is 2.65. The van der Waals surface area contributed by atoms with Gasteiger partial charge in [-0.2, -0.15) is 0 Å². The molecule has 0 bridgehead atoms. The summed E-state index contributed by atoms with van der Waals surface area (Å²) in [5, 5.41) is 11.9. The lowest BCUT2D eigenvalue weighted by Crippen LogP contribution is -1.91. The topological polar surface area (TPSA) is 25.2 Å². The van der Waals surface area contributed by atoms with E-state index >= 15 is 0 Å². The van der Waals surface area contributed by atoms with Gasteiger partial charge in [0.05, 0.1) is 6.61 Å². The van der Waals surface area contributed by atoms with E-state index in [1.807, 2.05) is 6.07 Å². The van der Waals surface area contributed by atoms with Gasteiger partial charge in [0.25, 0.3) is 0 Å². The number of aliphatic hydroxyl groups excluding tert-OH is 1. The summed E-state index contributed by atoms with van der Waals surface area (Å²) in [5.74, 6) is 0. The number of para-hydroxylation sites is 1. The number of aliphatic hydroxyl groups is 1. The summed E-state index contributed by atoms with van der Waals surface area (Å²) in [7, 11) is 2.09. The van der Waals surface area contributed by atoms with Crippen LogP contribution in [0.25, 0.3) is 21.8 Å². The third-order valence-electron chi connectivity index (χ3n) is 3.62. The molecule has 0 aliphatic carbocycles. The summed E-state index contributed by atoms with van der Waals surface area (Å²) in [5.41, 5.74) is 4.65. The molecule has 17 heavy (non-hydrogen) atoms. The van der Waals surface area contributed by atoms with Crippen LogP contribution in [0.2, 0.25) is 0 Å². The van der Waals surface area contributed by atoms with Gasteiger partial charge in [-0.3, -0.25) is 0 Å². The van der Waals surface area contributed by atoms with Crippen LogP contribution in [0, 0.1) is 6.92 Å². The average molecular weight is 225 g/mol. The lowest BCUT2D eigenvalue weighted by atomic mass is 10.0. The first-order chi connectivity index (χ1) is 8.24. The third kappa shape index (κ3) is 1.31. The van der Waals surface area contributed by atoms with Crippen LogP contribution in [-0.4, -0.2) is 9.67 Å². The van der Waals surface area contributed by atoms with Crippen LogP contribution >= 0.6 is 0 Å². The Bertz CT molecular complexity index is 710. The van der Waals surface area contributed by atoms with E-state index in [1.54, 1.807) is 0 Å². The molecule has 0 spiro atoms. The monoisotopic (exact) mass is 225 g/mol. The maximum atomic E-state index is 9.35. The summed E-state index contributed by atoms with van der Waals surface area (Å²) in [6.07, 6.45) is 0. The van der Waals surface area contributed by atoms with E-state index in [4.69, 9.17) is 0 Å². The van der Waals surface area contributed by atoms with E-state index in [9.17, 15) is 5.11 Å². The fourth-order valence-electron chi connectivity index (χ4n) is 2.64. The fraction of sp³-hybridized carbons (Fsp3) is 0.200. The molecular weight excluding hydrogens is 210 g/mol. The number of nitrogens with zero attached hydrogens (tertiary/aromatic N) is 1. The van der Waals surface area contributed by atoms with Gasteiger partial charge in [0.2, 0.25) is 0 Å². The van der Waals surface area contributed by atoms with Crippen LogP contribution in [-0.2, 0) is 13.7 Å². The first kappa shape index (κ1) is 10.4. The second-order valence-electron chi connectivity index (χ2n) is 4.48. The number of rotatable bonds is 1. The van der Waals surface area contributed by atoms with Gasteiger partial charge in [0.15, 0.2) is 0 Å². The van der Waals surface area contributed by atoms with Crippen molar-refractivity contribution in [2.24, 2.45) is 7.05 Å². The molecule has 2 nitrogen and oxygen atoms in total. The summed E-state index contributed by atoms with van der Waals surface area (Å²) in [4.78, 5) is 0. The van der Waals surface area contributed by atoms with Crippen molar-refractivity contribution in [1.82, 2.24) is 4.57 Å². The number of hydrogen-bond acceptors (Lipinski definition) is 1. The highest BCUT2D eigenvalue weighted by Crippen LogP contribution is 2.31. The van der Waals surface area contributed by atoms with Crippen molar-refractivity contribution >= 4 is 21.8 Å². The van der Waals surface area contributed by atoms with Crippen LogP contribution in [0.4, 0.5) is 0 Å². The second-order valence-corrected chi connectivity index (χ2v) is 4.48. The molecule has 0 saturated carbocycles. The maximum Gasteiger partial charge on any atom is 0.0684 e. The molecule has 0 radical (unpaired) electrons. The maximum absolute atomic E-state index is 9.35. The van der Waals surface area contributed by atoms with E-state index in [0.717, 1.165) is 5.56 Å². The van der Waals surface area contributed by atoms with Crippen molar-refractivity contribution in [3.63, 3.8) is 0 Å². The first-order valence-corrected chi connectivity index (χ1v) is 5.80. The van der Waals surface area contributed by atoms with Crippen molar-refractivity contribution in [2.45, 2.75) is 13.5 Å². The minimum absolute atomic E-state index is 0.102. The molecule has 2 aromatic carbocycles. The van der Waals surface area contributed by atoms with Gasteiger partial charge < -0.3 is 9.67 Å². The molecular formula is C15H15NO. The number of benzene rings is 2. The summed E-state index contributed by atoms with van der Waals surface area (Å²) >= 11 is 0. The second kappa shape index (κ2) is 3.60. The van der Waals surface area contributed by atoms with Gasteiger partial charge in [0, 0.05) is 28.9 Å². The Hall–Kier alpha value is -1.80. The normalized spacial score (nSPS) is 11.5. The van der Waals surface area contributed by atoms with Crippen LogP contribution in [0.3, 0.4) is 0 Å². The Labute approximate surface area is 100 Å². The van der Waals surface area contributed by atoms with Gasteiger partial charge in [0.1, 0.15) is 0 Å². The van der Waals surface area contributed by atoms with Gasteiger partial charge in [-0.15, -0.1) is 0 Å². The molecule has 2 heteroatoms. The van der Waals surface area contributed by atoms with Gasteiger partial charge in [-0.25, -0.2) is 0 Å². The van der Waals surface area contributed by atoms with Crippen molar-refractivity contribution in [3.05, 3.63) is 47.5 Å². The zero-order valence-electron chi connectivity index (χ0n) is 10.1. The van der Waals surface area contributed by atoms with Crippen LogP contribution in [0.15, 0.2) is 36.4 Å². The molecule has 3 rings (SSSR count). The first-order valence-electron chi connectivity index (χ1n) is 5.80. The molecule has 0 aliphatic rings. The highest BCUT2D eigenvalue weighted by atomic mass is 16.3. The Kier molecular flexibility index (Phi) is 2.20. The molecule has 86 valence electrons. The smallest absolute Gasteiger partial charge is 0.0684 e. The number of fused-ring (bicyclic) bond motifs is 3. The minimum Gasteiger partial charge on any atom is -0.392 e. The Morgan fingerprint density at radius 1 is 1.06 bits per heavy atom. The van der Waals surface area contributed by atoms with E-state index in [-0.39, 0.29) is 6.61 Å². The molecule has 0 aliphatic heterocycles. The molecule has 1 N–H and O–H groups in total. The van der Waals surface area contributed by atoms with Crippen molar-refractivity contribution in [3.8, 4) is 0 Å². The summed E-state index contributed by atoms with van der Waals surface area (Å²) < 4.78 is 2.21. The Morgan fingerprint density at radius 3 is 2.59 bits per heavy atom. The van der Waals surface area contributed by atoms with Gasteiger partial charge in [-0.05, 0) is 30.2 Å². The molecule has 1 heterocycles. The lowest BCUT2D eigenvalue weighted by Gasteiger charge is -2.04. The van der Waals surface area contributed by atoms with Crippen LogP contribution in [0.1, 0.15) is 11.1 Å². The molecule has 0 unspecified atom stereocenters. The van der Waals surface area contributed by atoms with E-state index in [0.29, 0.717) is 0 Å². The van der Waals surface area contributed by atoms with Crippen LogP contribution < -0.4 is 0 Å². The minimum atomic E-state index is 0.102. The summed E-state index contributed by atoms with van der Waals surface area (Å²) in [6.45, 7) is 2.19. The van der Waals surface area contributed by atoms with Crippen LogP contribution in [0.5, 0.6) is 0 Å². The number of aryl methyl sites for hydroxylation is 2. The molecule has 0 atom stereocenters. The van der Waals surface area contributed by atoms with E-state index in [1.165, 1.54) is 27.4 Å². The highest BCUT2D eigenvalue weighted by molar-refractivity contribution is 6.09. The van der Waals surface area contributed by atoms with E-state index < -0.39 is 0 Å². The molecule has 3 aromatic rings. The lowest BCUT2D eigenvalue weighted by molar-refractivity contribution is 0.281. The summed E-state index contributed by atoms with van der Waals surface area (Å²) in [6, 6.07) is 12.5. The predicted molar refractivity (Wildman–Crippen MR) is 71.1 cm³/mol. The SMILES string of the molecule is Cc1c(CO)ccc2c1c1ccccc1n2C. The van der Waals surface area contributed by atoms with Crippen molar-refractivity contribution < 1.29 is 5.11 Å². The zero-order chi connectivity index (χ0) is 12.0. The largest absolute Gasteiger partial charge is 0.392 e. The predicted octanol–water partition coefficient (Wildman–Crippen LogP) is 3.13. The fourth-order valence-corrected chi connectivity index (χ4v) is 2.64. The Morgan fingerprint density at radius 2 is 1.82 bits per heavy atom. The quantitative estimate of drug-likeness (QED) is 0.676. The van der Waals surface area contributed by atoms with Crippen molar-refractivity contribution in [2.75, 3.05) is 0 Å². The number of hydrogen-bond donors (Lipinski definition) is 1. The zero-order valence-corrected chi connectivity index (χ0v) is 10.1. The molecule has 1 aromatic heterocycles. The molecule has 0 fully saturated rings. The standard InChI is InChI=1S/C15H15NO/c1-10-11(9-17)7-8-14-15(10)12-5-3-4-6-13(12)16(14)2/h3-8,17H,9H2,1-2H3. The van der Waals surface area contributed by atoms with E-state index in [2.05, 4.69) is 48.9 Å². The molecule has 0 saturated heterocycles. The highest BCUT2D eigenvalue weighted by Gasteiger charge is 2.11. The third-order valence-corrected chi connectivity index (χ3v) is 3.62. The Balaban J connectivity index is 2.59. The molecule has 0 amide bonds. The van der Waals surface area contributed by atoms with Crippen molar-refractivity contribution in [1.29, 1.82) is 0 Å².